The third-order valence-electron chi connectivity index (χ3n) is 9.62. The number of aliphatic hydroxyl groups is 2. The second kappa shape index (κ2) is 11.3. The molecule has 0 saturated heterocycles. The van der Waals surface area contributed by atoms with Crippen molar-refractivity contribution in [3.8, 4) is 17.3 Å². The molecular weight excluding hydrogens is 600 g/mol. The predicted octanol–water partition coefficient (Wildman–Crippen LogP) is 5.04. The maximum absolute atomic E-state index is 14.1. The lowest BCUT2D eigenvalue weighted by Crippen LogP contribution is -2.41. The summed E-state index contributed by atoms with van der Waals surface area (Å²) < 4.78 is 19.4. The summed E-state index contributed by atoms with van der Waals surface area (Å²) in [5.41, 5.74) is 2.72. The zero-order chi connectivity index (χ0) is 33.2. The molecule has 0 saturated carbocycles. The summed E-state index contributed by atoms with van der Waals surface area (Å²) in [4.78, 5) is 36.8. The Morgan fingerprint density at radius 3 is 2.62 bits per heavy atom. The number of ketones is 1. The number of hydrogen-bond acceptors (Lipinski definition) is 10. The van der Waals surface area contributed by atoms with Crippen LogP contribution in [0.3, 0.4) is 0 Å². The number of aromatic nitrogens is 2. The maximum Gasteiger partial charge on any atom is 0.249 e. The molecule has 11 nitrogen and oxygen atoms in total. The lowest BCUT2D eigenvalue weighted by molar-refractivity contribution is -0.135. The van der Waals surface area contributed by atoms with Crippen molar-refractivity contribution in [2.24, 2.45) is 17.3 Å². The first-order chi connectivity index (χ1) is 22.4. The molecule has 2 aromatic carbocycles. The highest BCUT2D eigenvalue weighted by molar-refractivity contribution is 5.89. The van der Waals surface area contributed by atoms with Crippen molar-refractivity contribution in [1.29, 1.82) is 0 Å². The van der Waals surface area contributed by atoms with Crippen molar-refractivity contribution < 1.29 is 33.4 Å². The smallest absolute Gasteiger partial charge is 0.249 e. The van der Waals surface area contributed by atoms with Crippen molar-refractivity contribution >= 4 is 17.4 Å². The van der Waals surface area contributed by atoms with Gasteiger partial charge in [-0.2, -0.15) is 0 Å². The fourth-order valence-corrected chi connectivity index (χ4v) is 7.05. The highest BCUT2D eigenvalue weighted by Gasteiger charge is 2.61. The van der Waals surface area contributed by atoms with Gasteiger partial charge < -0.3 is 34.4 Å². The van der Waals surface area contributed by atoms with Crippen LogP contribution >= 0.6 is 0 Å². The molecule has 2 unspecified atom stereocenters. The van der Waals surface area contributed by atoms with Gasteiger partial charge in [0.2, 0.25) is 17.7 Å². The molecule has 4 bridgehead atoms. The summed E-state index contributed by atoms with van der Waals surface area (Å²) in [7, 11) is 0. The van der Waals surface area contributed by atoms with Gasteiger partial charge in [0.05, 0.1) is 6.61 Å². The number of nitrogens with zero attached hydrogens (tertiary/aromatic N) is 2. The number of carbonyl (C=O) groups excluding carboxylic acids is 2. The van der Waals surface area contributed by atoms with Gasteiger partial charge in [-0.05, 0) is 47.4 Å². The van der Waals surface area contributed by atoms with E-state index in [0.717, 1.165) is 22.4 Å². The summed E-state index contributed by atoms with van der Waals surface area (Å²) in [6.45, 7) is 9.18. The largest absolute Gasteiger partial charge is 0.469 e. The number of carbonyl (C=O) groups is 2. The van der Waals surface area contributed by atoms with E-state index in [-0.39, 0.29) is 42.4 Å². The third kappa shape index (κ3) is 5.03. The molecule has 7 rings (SSSR count). The van der Waals surface area contributed by atoms with Crippen molar-refractivity contribution in [3.05, 3.63) is 82.8 Å². The fraction of sp³-hybridized carbons (Fsp3) is 0.444. The van der Waals surface area contributed by atoms with Gasteiger partial charge in [0.1, 0.15) is 35.3 Å². The molecule has 2 aromatic heterocycles. The highest BCUT2D eigenvalue weighted by atomic mass is 16.5. The number of benzene rings is 2. The monoisotopic (exact) mass is 640 g/mol. The fourth-order valence-electron chi connectivity index (χ4n) is 7.05. The van der Waals surface area contributed by atoms with Gasteiger partial charge in [0.15, 0.2) is 23.5 Å². The summed E-state index contributed by atoms with van der Waals surface area (Å²) in [6.07, 6.45) is 0.450. The number of fused-ring (bicyclic) bond motifs is 4. The van der Waals surface area contributed by atoms with Crippen LogP contribution in [0.4, 0.5) is 5.69 Å². The second-order valence-corrected chi connectivity index (χ2v) is 14.3. The molecule has 1 spiro atoms. The second-order valence-electron chi connectivity index (χ2n) is 14.3. The molecule has 1 amide bonds. The SMILES string of the molecule is CC(C)[C@H](O)C(=O)CC1CCc2ccc3c(c2)[C@@]2(c4ccccc4NC2O3)c2oc(nc2-c2nc(CO)co2)[C@H](C(C)(C)C)NC1=O. The first-order valence-corrected chi connectivity index (χ1v) is 16.2. The number of hydrogen-bond donors (Lipinski definition) is 4. The van der Waals surface area contributed by atoms with Crippen LogP contribution < -0.4 is 15.4 Å². The molecule has 0 aliphatic carbocycles. The maximum atomic E-state index is 14.1. The van der Waals surface area contributed by atoms with Crippen molar-refractivity contribution in [1.82, 2.24) is 15.3 Å². The molecule has 11 heteroatoms. The van der Waals surface area contributed by atoms with E-state index in [1.807, 2.05) is 57.2 Å². The molecule has 5 atom stereocenters. The number of oxazole rings is 2. The van der Waals surface area contributed by atoms with Gasteiger partial charge in [-0.3, -0.25) is 9.59 Å². The lowest BCUT2D eigenvalue weighted by atomic mass is 9.72. The Kier molecular flexibility index (Phi) is 7.52. The predicted molar refractivity (Wildman–Crippen MR) is 171 cm³/mol. The minimum Gasteiger partial charge on any atom is -0.469 e. The Morgan fingerprint density at radius 1 is 1.11 bits per heavy atom. The van der Waals surface area contributed by atoms with Crippen LogP contribution in [-0.4, -0.2) is 44.2 Å². The van der Waals surface area contributed by atoms with Crippen LogP contribution in [0.25, 0.3) is 11.6 Å². The van der Waals surface area contributed by atoms with Crippen molar-refractivity contribution in [2.45, 2.75) is 84.3 Å². The number of rotatable bonds is 6. The van der Waals surface area contributed by atoms with E-state index >= 15 is 0 Å². The lowest BCUT2D eigenvalue weighted by Gasteiger charge is -2.31. The van der Waals surface area contributed by atoms with Crippen LogP contribution in [-0.2, 0) is 28.0 Å². The van der Waals surface area contributed by atoms with Gasteiger partial charge >= 0.3 is 0 Å². The molecule has 5 heterocycles. The van der Waals surface area contributed by atoms with Crippen LogP contribution in [0.1, 0.15) is 87.5 Å². The van der Waals surface area contributed by atoms with E-state index in [2.05, 4.69) is 21.7 Å². The Morgan fingerprint density at radius 2 is 1.89 bits per heavy atom. The van der Waals surface area contributed by atoms with E-state index in [1.165, 1.54) is 6.26 Å². The quantitative estimate of drug-likeness (QED) is 0.225. The van der Waals surface area contributed by atoms with E-state index < -0.39 is 35.1 Å². The Labute approximate surface area is 272 Å². The average Bonchev–Trinajstić information content (AvgIpc) is 3.81. The number of nitrogens with one attached hydrogen (secondary N) is 2. The van der Waals surface area contributed by atoms with Crippen LogP contribution in [0.15, 0.2) is 57.6 Å². The Balaban J connectivity index is 1.47. The van der Waals surface area contributed by atoms with E-state index in [0.29, 0.717) is 35.7 Å². The zero-order valence-electron chi connectivity index (χ0n) is 27.2. The third-order valence-corrected chi connectivity index (χ3v) is 9.62. The molecular formula is C36H40N4O7. The standard InChI is InChI=1S/C36H40N4O7/c1-18(2)28(43)25(42)15-20-12-10-19-11-13-26-23(14-19)36(22-8-6-7-9-24(22)38-34(36)46-26)30-27(32-37-21(16-41)17-45-32)39-33(47-30)29(35(3,4)5)40-31(20)44/h6-9,11,13-14,17-18,20,28-29,34,38,41,43H,10,12,15-16H2,1-5H3,(H,40,44)/t20?,28-,29+,34?,36-/m0/s1. The summed E-state index contributed by atoms with van der Waals surface area (Å²) in [5, 5.41) is 27.1. The van der Waals surface area contributed by atoms with Gasteiger partial charge in [-0.15, -0.1) is 0 Å². The minimum absolute atomic E-state index is 0.0955. The van der Waals surface area contributed by atoms with Gasteiger partial charge in [0, 0.05) is 23.6 Å². The van der Waals surface area contributed by atoms with E-state index in [4.69, 9.17) is 18.6 Å². The van der Waals surface area contributed by atoms with Gasteiger partial charge in [0.25, 0.3) is 0 Å². The Hall–Kier alpha value is -4.48. The number of ether oxygens (including phenoxy) is 1. The van der Waals surface area contributed by atoms with E-state index in [9.17, 15) is 19.8 Å². The molecule has 4 N–H and O–H groups in total. The number of amides is 1. The topological polar surface area (TPSA) is 160 Å². The average molecular weight is 641 g/mol. The number of Topliss-reactive ketones (excluding diaryl/α,β-unsaturated/α-hetero) is 1. The summed E-state index contributed by atoms with van der Waals surface area (Å²) in [5.74, 6) is -0.124. The Bertz CT molecular complexity index is 1850. The molecule has 4 aromatic rings. The number of para-hydroxylation sites is 1. The molecule has 47 heavy (non-hydrogen) atoms. The number of anilines is 1. The van der Waals surface area contributed by atoms with Gasteiger partial charge in [-0.1, -0.05) is 65.0 Å². The normalized spacial score (nSPS) is 23.8. The molecule has 0 fully saturated rings. The molecule has 3 aliphatic heterocycles. The highest BCUT2D eigenvalue weighted by Crippen LogP contribution is 2.59. The van der Waals surface area contributed by atoms with Crippen LogP contribution in [0, 0.1) is 17.3 Å². The number of aryl methyl sites for hydroxylation is 1. The first-order valence-electron chi connectivity index (χ1n) is 16.2. The summed E-state index contributed by atoms with van der Waals surface area (Å²) >= 11 is 0. The van der Waals surface area contributed by atoms with Crippen LogP contribution in [0.2, 0.25) is 0 Å². The molecule has 0 radical (unpaired) electrons. The van der Waals surface area contributed by atoms with E-state index in [1.54, 1.807) is 13.8 Å². The molecule has 246 valence electrons. The first kappa shape index (κ1) is 31.1. The van der Waals surface area contributed by atoms with Crippen molar-refractivity contribution in [3.63, 3.8) is 0 Å². The zero-order valence-corrected chi connectivity index (χ0v) is 27.2. The summed E-state index contributed by atoms with van der Waals surface area (Å²) in [6, 6.07) is 13.2. The number of aliphatic hydroxyl groups excluding tert-OH is 2. The van der Waals surface area contributed by atoms with Crippen LogP contribution in [0.5, 0.6) is 5.75 Å². The minimum atomic E-state index is -1.16. The molecule has 3 aliphatic rings. The van der Waals surface area contributed by atoms with Crippen molar-refractivity contribution in [2.75, 3.05) is 5.32 Å². The van der Waals surface area contributed by atoms with Gasteiger partial charge in [-0.25, -0.2) is 9.97 Å².